The molecule has 1 aromatic heterocycles. The molecule has 3 heterocycles. The number of aromatic nitrogens is 2. The molecule has 2 fully saturated rings. The summed E-state index contributed by atoms with van der Waals surface area (Å²) in [5.41, 5.74) is 1.64. The van der Waals surface area contributed by atoms with Crippen molar-refractivity contribution in [2.45, 2.75) is 44.2 Å². The molecular formula is C32H35FN4O3. The molecule has 40 heavy (non-hydrogen) atoms. The number of likely N-dealkylation sites (N-methyl/N-ethyl adjacent to an activating group) is 1. The molecule has 4 aromatic rings. The van der Waals surface area contributed by atoms with Crippen LogP contribution in [0.15, 0.2) is 49.0 Å². The quantitative estimate of drug-likeness (QED) is 0.321. The molecule has 0 radical (unpaired) electrons. The number of likely N-dealkylation sites (tertiary alicyclic amines) is 1. The van der Waals surface area contributed by atoms with Gasteiger partial charge in [0.1, 0.15) is 23.7 Å². The number of phenols is 1. The van der Waals surface area contributed by atoms with Gasteiger partial charge in [0.05, 0.1) is 6.10 Å². The van der Waals surface area contributed by atoms with E-state index in [0.717, 1.165) is 43.0 Å². The highest BCUT2D eigenvalue weighted by Gasteiger charge is 2.26. The van der Waals surface area contributed by atoms with Gasteiger partial charge in [-0.1, -0.05) is 36.9 Å². The van der Waals surface area contributed by atoms with Gasteiger partial charge < -0.3 is 24.7 Å². The van der Waals surface area contributed by atoms with Crippen molar-refractivity contribution in [2.75, 3.05) is 38.2 Å². The summed E-state index contributed by atoms with van der Waals surface area (Å²) in [7, 11) is 2.08. The molecule has 0 spiro atoms. The Labute approximate surface area is 233 Å². The zero-order valence-electron chi connectivity index (χ0n) is 22.8. The van der Waals surface area contributed by atoms with Crippen LogP contribution in [0.25, 0.3) is 38.9 Å². The predicted octanol–water partition coefficient (Wildman–Crippen LogP) is 5.76. The molecule has 6 rings (SSSR count). The number of aromatic hydroxyl groups is 1. The van der Waals surface area contributed by atoms with Crippen LogP contribution in [0, 0.1) is 5.82 Å². The summed E-state index contributed by atoms with van der Waals surface area (Å²) in [6, 6.07) is 13.1. The molecule has 0 saturated carbocycles. The van der Waals surface area contributed by atoms with E-state index >= 15 is 4.39 Å². The summed E-state index contributed by atoms with van der Waals surface area (Å²) in [6.07, 6.45) is 5.55. The third kappa shape index (κ3) is 4.97. The van der Waals surface area contributed by atoms with Crippen molar-refractivity contribution < 1.29 is 19.3 Å². The van der Waals surface area contributed by atoms with Crippen molar-refractivity contribution in [3.05, 3.63) is 60.4 Å². The summed E-state index contributed by atoms with van der Waals surface area (Å²) in [5, 5.41) is 23.0. The first-order valence-corrected chi connectivity index (χ1v) is 14.1. The van der Waals surface area contributed by atoms with Gasteiger partial charge in [0.15, 0.2) is 5.82 Å². The second kappa shape index (κ2) is 11.0. The van der Waals surface area contributed by atoms with Crippen molar-refractivity contribution in [3.63, 3.8) is 0 Å². The van der Waals surface area contributed by atoms with Crippen LogP contribution in [0.5, 0.6) is 11.8 Å². The zero-order chi connectivity index (χ0) is 27.8. The van der Waals surface area contributed by atoms with Gasteiger partial charge in [-0.3, -0.25) is 0 Å². The Bertz CT molecular complexity index is 1580. The first-order chi connectivity index (χ1) is 19.4. The number of benzene rings is 3. The SMILES string of the molecule is C=Cc1cc2c(N3CCCC(O)CC3)nc(OCC3CCCN3C)nc2c(F)c1-c1cc(O)cc2ccccc12. The third-order valence-electron chi connectivity index (χ3n) is 8.33. The maximum atomic E-state index is 16.8. The predicted molar refractivity (Wildman–Crippen MR) is 157 cm³/mol. The van der Waals surface area contributed by atoms with Crippen LogP contribution in [-0.2, 0) is 0 Å². The van der Waals surface area contributed by atoms with Gasteiger partial charge in [0, 0.05) is 30.1 Å². The summed E-state index contributed by atoms with van der Waals surface area (Å²) >= 11 is 0. The maximum absolute atomic E-state index is 16.8. The van der Waals surface area contributed by atoms with E-state index in [-0.39, 0.29) is 29.4 Å². The van der Waals surface area contributed by atoms with Crippen LogP contribution in [0.3, 0.4) is 0 Å². The number of nitrogens with zero attached hydrogens (tertiary/aromatic N) is 4. The largest absolute Gasteiger partial charge is 0.508 e. The van der Waals surface area contributed by atoms with Gasteiger partial charge in [0.2, 0.25) is 0 Å². The molecule has 2 unspecified atom stereocenters. The second-order valence-corrected chi connectivity index (χ2v) is 11.0. The van der Waals surface area contributed by atoms with E-state index in [1.165, 1.54) is 0 Å². The first-order valence-electron chi connectivity index (χ1n) is 14.1. The molecule has 208 valence electrons. The fraction of sp³-hybridized carbons (Fsp3) is 0.375. The highest BCUT2D eigenvalue weighted by Crippen LogP contribution is 2.41. The van der Waals surface area contributed by atoms with Crippen molar-refractivity contribution in [1.29, 1.82) is 0 Å². The minimum atomic E-state index is -0.510. The van der Waals surface area contributed by atoms with E-state index in [1.807, 2.05) is 30.3 Å². The Morgan fingerprint density at radius 1 is 1.05 bits per heavy atom. The lowest BCUT2D eigenvalue weighted by Gasteiger charge is -2.25. The topological polar surface area (TPSA) is 82.0 Å². The maximum Gasteiger partial charge on any atom is 0.319 e. The number of ether oxygens (including phenoxy) is 1. The van der Waals surface area contributed by atoms with Crippen LogP contribution in [0.2, 0.25) is 0 Å². The van der Waals surface area contributed by atoms with E-state index in [2.05, 4.69) is 28.4 Å². The van der Waals surface area contributed by atoms with Crippen LogP contribution in [-0.4, -0.2) is 70.5 Å². The van der Waals surface area contributed by atoms with Crippen LogP contribution in [0.4, 0.5) is 10.2 Å². The number of rotatable bonds is 6. The Hall–Kier alpha value is -3.75. The average Bonchev–Trinajstić information content (AvgIpc) is 3.24. The van der Waals surface area contributed by atoms with Crippen molar-refractivity contribution >= 4 is 33.6 Å². The van der Waals surface area contributed by atoms with Gasteiger partial charge >= 0.3 is 6.01 Å². The number of hydrogen-bond acceptors (Lipinski definition) is 7. The first kappa shape index (κ1) is 26.5. The number of aliphatic hydroxyl groups excluding tert-OH is 1. The second-order valence-electron chi connectivity index (χ2n) is 11.0. The van der Waals surface area contributed by atoms with E-state index in [4.69, 9.17) is 9.72 Å². The van der Waals surface area contributed by atoms with Crippen molar-refractivity contribution in [1.82, 2.24) is 14.9 Å². The number of halogens is 1. The summed E-state index contributed by atoms with van der Waals surface area (Å²) in [4.78, 5) is 13.8. The number of phenolic OH excluding ortho intramolecular Hbond substituents is 1. The number of fused-ring (bicyclic) bond motifs is 2. The fourth-order valence-corrected chi connectivity index (χ4v) is 6.10. The smallest absolute Gasteiger partial charge is 0.319 e. The van der Waals surface area contributed by atoms with Gasteiger partial charge in [-0.05, 0) is 85.8 Å². The molecule has 8 heteroatoms. The minimum absolute atomic E-state index is 0.0550. The van der Waals surface area contributed by atoms with Gasteiger partial charge in [0.25, 0.3) is 0 Å². The zero-order valence-corrected chi connectivity index (χ0v) is 22.8. The Morgan fingerprint density at radius 2 is 1.88 bits per heavy atom. The van der Waals surface area contributed by atoms with Crippen LogP contribution >= 0.6 is 0 Å². The molecule has 0 bridgehead atoms. The van der Waals surface area contributed by atoms with E-state index in [9.17, 15) is 10.2 Å². The highest BCUT2D eigenvalue weighted by atomic mass is 19.1. The van der Waals surface area contributed by atoms with Crippen molar-refractivity contribution in [3.8, 4) is 22.9 Å². The normalized spacial score (nSPS) is 20.2. The number of aliphatic hydroxyl groups is 1. The molecule has 2 N–H and O–H groups in total. The number of hydrogen-bond donors (Lipinski definition) is 2. The third-order valence-corrected chi connectivity index (χ3v) is 8.33. The lowest BCUT2D eigenvalue weighted by molar-refractivity contribution is 0.161. The van der Waals surface area contributed by atoms with E-state index in [0.29, 0.717) is 54.0 Å². The molecule has 3 aromatic carbocycles. The summed E-state index contributed by atoms with van der Waals surface area (Å²) in [6.45, 7) is 6.73. The Balaban J connectivity index is 1.54. The van der Waals surface area contributed by atoms with Crippen molar-refractivity contribution in [2.24, 2.45) is 0 Å². The highest BCUT2D eigenvalue weighted by molar-refractivity contribution is 6.04. The molecule has 0 amide bonds. The number of anilines is 1. The monoisotopic (exact) mass is 542 g/mol. The van der Waals surface area contributed by atoms with E-state index < -0.39 is 5.82 Å². The minimum Gasteiger partial charge on any atom is -0.508 e. The van der Waals surface area contributed by atoms with Gasteiger partial charge in [-0.2, -0.15) is 9.97 Å². The Morgan fingerprint density at radius 3 is 2.67 bits per heavy atom. The fourth-order valence-electron chi connectivity index (χ4n) is 6.10. The Kier molecular flexibility index (Phi) is 7.29. The van der Waals surface area contributed by atoms with E-state index in [1.54, 1.807) is 18.2 Å². The molecule has 2 aliphatic rings. The molecule has 2 aliphatic heterocycles. The molecule has 0 aliphatic carbocycles. The molecular weight excluding hydrogens is 507 g/mol. The molecule has 2 saturated heterocycles. The standard InChI is InChI=1S/C32H35FN4O3/c1-3-20-17-27-30(29(33)28(20)26-18-24(39)16-21-8-4-5-11-25(21)26)34-32(40-19-22-9-6-13-36(22)2)35-31(27)37-14-7-10-23(38)12-15-37/h3-5,8,11,16-18,22-23,38-39H,1,6-7,9-10,12-15,19H2,2H3. The molecule has 7 nitrogen and oxygen atoms in total. The lowest BCUT2D eigenvalue weighted by atomic mass is 9.92. The van der Waals surface area contributed by atoms with Gasteiger partial charge in [-0.15, -0.1) is 0 Å². The van der Waals surface area contributed by atoms with Crippen LogP contribution < -0.4 is 9.64 Å². The van der Waals surface area contributed by atoms with Crippen LogP contribution in [0.1, 0.15) is 37.7 Å². The lowest BCUT2D eigenvalue weighted by Crippen LogP contribution is -2.31. The average molecular weight is 543 g/mol. The van der Waals surface area contributed by atoms with Gasteiger partial charge in [-0.25, -0.2) is 4.39 Å². The summed E-state index contributed by atoms with van der Waals surface area (Å²) in [5.74, 6) is 0.145. The molecule has 2 atom stereocenters. The summed E-state index contributed by atoms with van der Waals surface area (Å²) < 4.78 is 22.9.